The standard InChI is InChI=1S/C27H36FN5O2/c1-6-33-22(13-14-29-33)23(35)15-19(18-9-7-16(2)8-10-18)26-30-21-12-11-20(24(28)25(21)31-26)27(4,5)32-17(3)34/h11-14,16,18-19H,6-10,15H2,1-5H3,(H,30,31)(H,32,34)/t16?,18?,19-/m0/s1. The number of nitrogens with one attached hydrogen (secondary N) is 2. The third-order valence-corrected chi connectivity index (χ3v) is 7.46. The molecular weight excluding hydrogens is 445 g/mol. The lowest BCUT2D eigenvalue weighted by Crippen LogP contribution is -2.40. The number of Topliss-reactive ketones (excluding diaryl/α,β-unsaturated/α-hetero) is 1. The number of nitrogens with zero attached hydrogens (tertiary/aromatic N) is 3. The fraction of sp³-hybridized carbons (Fsp3) is 0.556. The molecule has 1 fully saturated rings. The van der Waals surface area contributed by atoms with Crippen LogP contribution in [0.4, 0.5) is 4.39 Å². The molecule has 35 heavy (non-hydrogen) atoms. The minimum atomic E-state index is -0.878. The van der Waals surface area contributed by atoms with Gasteiger partial charge in [-0.1, -0.05) is 25.8 Å². The quantitative estimate of drug-likeness (QED) is 0.417. The summed E-state index contributed by atoms with van der Waals surface area (Å²) in [4.78, 5) is 33.0. The molecule has 2 aromatic heterocycles. The summed E-state index contributed by atoms with van der Waals surface area (Å²) in [6.45, 7) is 9.82. The second kappa shape index (κ2) is 9.91. The Morgan fingerprint density at radius 2 is 1.94 bits per heavy atom. The van der Waals surface area contributed by atoms with Crippen LogP contribution < -0.4 is 5.32 Å². The highest BCUT2D eigenvalue weighted by Gasteiger charge is 2.33. The molecular formula is C27H36FN5O2. The number of amides is 1. The van der Waals surface area contributed by atoms with Crippen molar-refractivity contribution < 1.29 is 14.0 Å². The van der Waals surface area contributed by atoms with E-state index in [2.05, 4.69) is 22.3 Å². The largest absolute Gasteiger partial charge is 0.347 e. The summed E-state index contributed by atoms with van der Waals surface area (Å²) in [6.07, 6.45) is 6.23. The summed E-state index contributed by atoms with van der Waals surface area (Å²) in [5.41, 5.74) is 0.945. The molecule has 2 heterocycles. The van der Waals surface area contributed by atoms with E-state index in [1.807, 2.05) is 13.0 Å². The van der Waals surface area contributed by atoms with E-state index < -0.39 is 11.4 Å². The molecule has 0 bridgehead atoms. The predicted molar refractivity (Wildman–Crippen MR) is 134 cm³/mol. The van der Waals surface area contributed by atoms with Crippen LogP contribution in [0.5, 0.6) is 0 Å². The van der Waals surface area contributed by atoms with Crippen LogP contribution in [0.15, 0.2) is 24.4 Å². The molecule has 1 aromatic carbocycles. The van der Waals surface area contributed by atoms with E-state index in [0.29, 0.717) is 47.4 Å². The van der Waals surface area contributed by atoms with E-state index in [4.69, 9.17) is 4.98 Å². The van der Waals surface area contributed by atoms with Crippen molar-refractivity contribution in [2.45, 2.75) is 84.7 Å². The van der Waals surface area contributed by atoms with Crippen molar-refractivity contribution in [2.24, 2.45) is 11.8 Å². The van der Waals surface area contributed by atoms with Gasteiger partial charge in [0.15, 0.2) is 11.6 Å². The molecule has 0 unspecified atom stereocenters. The van der Waals surface area contributed by atoms with E-state index in [0.717, 1.165) is 25.7 Å². The summed E-state index contributed by atoms with van der Waals surface area (Å²) in [7, 11) is 0. The van der Waals surface area contributed by atoms with Crippen molar-refractivity contribution in [1.29, 1.82) is 0 Å². The number of H-pyrrole nitrogens is 1. The first kappa shape index (κ1) is 25.1. The lowest BCUT2D eigenvalue weighted by molar-refractivity contribution is -0.120. The Morgan fingerprint density at radius 1 is 1.23 bits per heavy atom. The highest BCUT2D eigenvalue weighted by atomic mass is 19.1. The Kier molecular flexibility index (Phi) is 7.10. The predicted octanol–water partition coefficient (Wildman–Crippen LogP) is 5.47. The zero-order chi connectivity index (χ0) is 25.3. The van der Waals surface area contributed by atoms with Gasteiger partial charge in [0.05, 0.1) is 11.1 Å². The number of aryl methyl sites for hydroxylation is 1. The number of fused-ring (bicyclic) bond motifs is 1. The van der Waals surface area contributed by atoms with Crippen LogP contribution in [0, 0.1) is 17.7 Å². The number of aromatic amines is 1. The van der Waals surface area contributed by atoms with E-state index in [1.54, 1.807) is 36.9 Å². The first-order valence-electron chi connectivity index (χ1n) is 12.6. The van der Waals surface area contributed by atoms with Crippen LogP contribution >= 0.6 is 0 Å². The van der Waals surface area contributed by atoms with Crippen molar-refractivity contribution in [3.63, 3.8) is 0 Å². The van der Waals surface area contributed by atoms with Crippen LogP contribution in [-0.4, -0.2) is 31.4 Å². The summed E-state index contributed by atoms with van der Waals surface area (Å²) in [6, 6.07) is 5.26. The average molecular weight is 482 g/mol. The number of imidazole rings is 1. The minimum absolute atomic E-state index is 0.0291. The zero-order valence-electron chi connectivity index (χ0n) is 21.3. The van der Waals surface area contributed by atoms with Crippen molar-refractivity contribution in [2.75, 3.05) is 0 Å². The van der Waals surface area contributed by atoms with Crippen molar-refractivity contribution >= 4 is 22.7 Å². The Balaban J connectivity index is 1.71. The fourth-order valence-electron chi connectivity index (χ4n) is 5.53. The SMILES string of the molecule is CCn1nccc1C(=O)C[C@H](c1nc2c(F)c(C(C)(C)NC(C)=O)ccc2[nH]1)C1CCC(C)CC1. The van der Waals surface area contributed by atoms with Crippen LogP contribution in [0.3, 0.4) is 0 Å². The molecule has 7 nitrogen and oxygen atoms in total. The number of carbonyl (C=O) groups is 2. The molecule has 1 atom stereocenters. The minimum Gasteiger partial charge on any atom is -0.347 e. The van der Waals surface area contributed by atoms with Crippen LogP contribution in [0.2, 0.25) is 0 Å². The Bertz CT molecular complexity index is 1220. The second-order valence-electron chi connectivity index (χ2n) is 10.5. The molecule has 3 aromatic rings. The third-order valence-electron chi connectivity index (χ3n) is 7.46. The summed E-state index contributed by atoms with van der Waals surface area (Å²) in [5, 5.41) is 7.06. The molecule has 0 radical (unpaired) electrons. The Labute approximate surface area is 205 Å². The maximum Gasteiger partial charge on any atom is 0.217 e. The molecule has 1 amide bonds. The van der Waals surface area contributed by atoms with Gasteiger partial charge < -0.3 is 10.3 Å². The number of carbonyl (C=O) groups excluding carboxylic acids is 2. The van der Waals surface area contributed by atoms with Crippen molar-refractivity contribution in [3.8, 4) is 0 Å². The van der Waals surface area contributed by atoms with Gasteiger partial charge >= 0.3 is 0 Å². The summed E-state index contributed by atoms with van der Waals surface area (Å²) < 4.78 is 17.4. The molecule has 4 rings (SSSR count). The lowest BCUT2D eigenvalue weighted by Gasteiger charge is -2.31. The highest BCUT2D eigenvalue weighted by molar-refractivity contribution is 5.95. The molecule has 0 saturated heterocycles. The molecule has 2 N–H and O–H groups in total. The summed E-state index contributed by atoms with van der Waals surface area (Å²) in [5.74, 6) is 0.853. The van der Waals surface area contributed by atoms with Crippen LogP contribution in [0.25, 0.3) is 11.0 Å². The maximum absolute atomic E-state index is 15.7. The smallest absolute Gasteiger partial charge is 0.217 e. The van der Waals surface area contributed by atoms with Gasteiger partial charge in [0.25, 0.3) is 0 Å². The van der Waals surface area contributed by atoms with E-state index in [9.17, 15) is 9.59 Å². The summed E-state index contributed by atoms with van der Waals surface area (Å²) >= 11 is 0. The number of hydrogen-bond acceptors (Lipinski definition) is 4. The maximum atomic E-state index is 15.7. The normalized spacial score (nSPS) is 19.6. The van der Waals surface area contributed by atoms with Crippen LogP contribution in [0.1, 0.15) is 94.5 Å². The first-order valence-corrected chi connectivity index (χ1v) is 12.6. The van der Waals surface area contributed by atoms with Crippen molar-refractivity contribution in [1.82, 2.24) is 25.1 Å². The molecule has 1 saturated carbocycles. The van der Waals surface area contributed by atoms with Gasteiger partial charge in [-0.05, 0) is 57.6 Å². The number of hydrogen-bond donors (Lipinski definition) is 2. The van der Waals surface area contributed by atoms with E-state index in [1.165, 1.54) is 6.92 Å². The average Bonchev–Trinajstić information content (AvgIpc) is 3.44. The topological polar surface area (TPSA) is 92.7 Å². The van der Waals surface area contributed by atoms with Gasteiger partial charge in [0, 0.05) is 37.6 Å². The first-order chi connectivity index (χ1) is 16.6. The van der Waals surface area contributed by atoms with Gasteiger partial charge in [-0.2, -0.15) is 5.10 Å². The number of ketones is 1. The van der Waals surface area contributed by atoms with E-state index in [-0.39, 0.29) is 23.1 Å². The molecule has 8 heteroatoms. The Hall–Kier alpha value is -3.03. The molecule has 1 aliphatic rings. The highest BCUT2D eigenvalue weighted by Crippen LogP contribution is 2.40. The zero-order valence-corrected chi connectivity index (χ0v) is 21.3. The van der Waals surface area contributed by atoms with Gasteiger partial charge in [-0.25, -0.2) is 9.37 Å². The van der Waals surface area contributed by atoms with Gasteiger partial charge in [0.1, 0.15) is 17.0 Å². The molecule has 0 aliphatic heterocycles. The van der Waals surface area contributed by atoms with Gasteiger partial charge in [-0.15, -0.1) is 0 Å². The number of halogens is 1. The second-order valence-corrected chi connectivity index (χ2v) is 10.5. The molecule has 188 valence electrons. The van der Waals surface area contributed by atoms with Gasteiger partial charge in [-0.3, -0.25) is 14.3 Å². The van der Waals surface area contributed by atoms with E-state index >= 15 is 4.39 Å². The number of aromatic nitrogens is 4. The molecule has 1 aliphatic carbocycles. The number of benzene rings is 1. The van der Waals surface area contributed by atoms with Crippen molar-refractivity contribution in [3.05, 3.63) is 47.3 Å². The monoisotopic (exact) mass is 481 g/mol. The van der Waals surface area contributed by atoms with Gasteiger partial charge in [0.2, 0.25) is 5.91 Å². The molecule has 0 spiro atoms. The number of rotatable bonds is 8. The van der Waals surface area contributed by atoms with Crippen LogP contribution in [-0.2, 0) is 16.9 Å². The fourth-order valence-corrected chi connectivity index (χ4v) is 5.53. The third kappa shape index (κ3) is 5.16. The lowest BCUT2D eigenvalue weighted by atomic mass is 9.74. The Morgan fingerprint density at radius 3 is 2.60 bits per heavy atom.